The molecule has 1 aliphatic carbocycles. The molecule has 0 aliphatic heterocycles. The Morgan fingerprint density at radius 2 is 2.17 bits per heavy atom. The number of aliphatic carboxylic acids is 1. The number of carbonyl (C=O) groups is 2. The average molecular weight is 341 g/mol. The lowest BCUT2D eigenvalue weighted by molar-refractivity contribution is -0.139. The Bertz CT molecular complexity index is 618. The number of aromatic nitrogens is 1. The zero-order chi connectivity index (χ0) is 17.0. The van der Waals surface area contributed by atoms with Crippen molar-refractivity contribution in [3.63, 3.8) is 0 Å². The van der Waals surface area contributed by atoms with Crippen LogP contribution in [0.15, 0.2) is 10.2 Å². The topological polar surface area (TPSA) is 91.6 Å². The summed E-state index contributed by atoms with van der Waals surface area (Å²) in [4.78, 5) is 36.2. The van der Waals surface area contributed by atoms with Gasteiger partial charge < -0.3 is 15.0 Å². The molecule has 0 radical (unpaired) electrons. The van der Waals surface area contributed by atoms with Crippen LogP contribution in [0, 0.1) is 6.92 Å². The minimum atomic E-state index is -0.823. The summed E-state index contributed by atoms with van der Waals surface area (Å²) < 4.78 is 1.61. The van der Waals surface area contributed by atoms with Crippen LogP contribution in [0.5, 0.6) is 0 Å². The van der Waals surface area contributed by atoms with Gasteiger partial charge in [0.15, 0.2) is 0 Å². The summed E-state index contributed by atoms with van der Waals surface area (Å²) in [5.74, 6) is -0.886. The molecule has 0 unspecified atom stereocenters. The molecule has 0 aromatic carbocycles. The Labute approximate surface area is 138 Å². The van der Waals surface area contributed by atoms with Gasteiger partial charge in [0.1, 0.15) is 0 Å². The van der Waals surface area contributed by atoms with Crippen LogP contribution in [0.1, 0.15) is 31.9 Å². The fourth-order valence-corrected chi connectivity index (χ4v) is 3.63. The summed E-state index contributed by atoms with van der Waals surface area (Å²) in [5, 5.41) is 13.6. The third-order valence-electron chi connectivity index (χ3n) is 4.28. The number of aryl methyl sites for hydroxylation is 1. The van der Waals surface area contributed by atoms with Crippen molar-refractivity contribution in [1.82, 2.24) is 14.8 Å². The van der Waals surface area contributed by atoms with Crippen molar-refractivity contribution in [2.75, 3.05) is 13.1 Å². The van der Waals surface area contributed by atoms with Gasteiger partial charge >= 0.3 is 10.8 Å². The van der Waals surface area contributed by atoms with Gasteiger partial charge in [0.05, 0.1) is 6.54 Å². The molecular formula is C15H23N3O4S. The van der Waals surface area contributed by atoms with Crippen LogP contribution in [0.3, 0.4) is 0 Å². The number of hydrogen-bond acceptors (Lipinski definition) is 5. The molecule has 1 aromatic heterocycles. The predicted molar refractivity (Wildman–Crippen MR) is 87.8 cm³/mol. The molecule has 0 bridgehead atoms. The molecular weight excluding hydrogens is 318 g/mol. The van der Waals surface area contributed by atoms with Crippen molar-refractivity contribution in [2.24, 2.45) is 0 Å². The van der Waals surface area contributed by atoms with Gasteiger partial charge in [-0.3, -0.25) is 19.3 Å². The SMILES string of the molecule is CCN(CC(=O)O)C1CC(NC(=O)CCn2c(C)csc2=O)C1. The zero-order valence-corrected chi connectivity index (χ0v) is 14.3. The number of likely N-dealkylation sites (N-methyl/N-ethyl adjacent to an activating group) is 1. The molecule has 7 nitrogen and oxygen atoms in total. The monoisotopic (exact) mass is 341 g/mol. The fourth-order valence-electron chi connectivity index (χ4n) is 2.86. The van der Waals surface area contributed by atoms with E-state index in [4.69, 9.17) is 5.11 Å². The van der Waals surface area contributed by atoms with E-state index >= 15 is 0 Å². The number of nitrogens with zero attached hydrogens (tertiary/aromatic N) is 2. The van der Waals surface area contributed by atoms with Crippen LogP contribution < -0.4 is 10.2 Å². The van der Waals surface area contributed by atoms with E-state index in [2.05, 4.69) is 5.32 Å². The van der Waals surface area contributed by atoms with E-state index in [0.717, 1.165) is 29.9 Å². The number of amides is 1. The van der Waals surface area contributed by atoms with E-state index in [1.165, 1.54) is 0 Å². The van der Waals surface area contributed by atoms with Crippen LogP contribution in [0.2, 0.25) is 0 Å². The van der Waals surface area contributed by atoms with Crippen LogP contribution in [-0.4, -0.2) is 51.6 Å². The van der Waals surface area contributed by atoms with Crippen molar-refractivity contribution < 1.29 is 14.7 Å². The molecule has 2 rings (SSSR count). The third-order valence-corrected chi connectivity index (χ3v) is 5.16. The fraction of sp³-hybridized carbons (Fsp3) is 0.667. The normalized spacial score (nSPS) is 20.3. The highest BCUT2D eigenvalue weighted by atomic mass is 32.1. The van der Waals surface area contributed by atoms with Gasteiger partial charge in [-0.15, -0.1) is 0 Å². The molecule has 8 heteroatoms. The lowest BCUT2D eigenvalue weighted by atomic mass is 9.85. The van der Waals surface area contributed by atoms with Crippen LogP contribution in [-0.2, 0) is 16.1 Å². The summed E-state index contributed by atoms with van der Waals surface area (Å²) >= 11 is 1.15. The highest BCUT2D eigenvalue weighted by Crippen LogP contribution is 2.25. The maximum Gasteiger partial charge on any atom is 0.317 e. The van der Waals surface area contributed by atoms with E-state index < -0.39 is 5.97 Å². The first kappa shape index (κ1) is 17.7. The maximum absolute atomic E-state index is 12.0. The predicted octanol–water partition coefficient (Wildman–Crippen LogP) is 0.662. The summed E-state index contributed by atoms with van der Waals surface area (Å²) in [6, 6.07) is 0.332. The molecule has 1 aromatic rings. The Hall–Kier alpha value is -1.67. The van der Waals surface area contributed by atoms with Crippen molar-refractivity contribution >= 4 is 23.2 Å². The number of carboxylic acids is 1. The second kappa shape index (κ2) is 7.74. The molecule has 1 saturated carbocycles. The lowest BCUT2D eigenvalue weighted by Crippen LogP contribution is -2.54. The van der Waals surface area contributed by atoms with Crippen molar-refractivity contribution in [2.45, 2.75) is 51.7 Å². The van der Waals surface area contributed by atoms with Gasteiger partial charge in [-0.1, -0.05) is 18.3 Å². The summed E-state index contributed by atoms with van der Waals surface area (Å²) in [7, 11) is 0. The highest BCUT2D eigenvalue weighted by Gasteiger charge is 2.34. The van der Waals surface area contributed by atoms with Gasteiger partial charge in [-0.25, -0.2) is 0 Å². The minimum absolute atomic E-state index is 0.0359. The number of thiazole rings is 1. The molecule has 2 N–H and O–H groups in total. The van der Waals surface area contributed by atoms with Gasteiger partial charge in [0, 0.05) is 36.1 Å². The number of carbonyl (C=O) groups excluding carboxylic acids is 1. The molecule has 0 atom stereocenters. The van der Waals surface area contributed by atoms with E-state index in [1.807, 2.05) is 18.7 Å². The molecule has 1 aliphatic rings. The Morgan fingerprint density at radius 3 is 2.70 bits per heavy atom. The number of nitrogens with one attached hydrogen (secondary N) is 1. The average Bonchev–Trinajstić information content (AvgIpc) is 2.77. The lowest BCUT2D eigenvalue weighted by Gasteiger charge is -2.42. The first-order chi connectivity index (χ1) is 10.9. The van der Waals surface area contributed by atoms with Crippen molar-refractivity contribution in [3.8, 4) is 0 Å². The van der Waals surface area contributed by atoms with Gasteiger partial charge in [0.2, 0.25) is 5.91 Å². The molecule has 1 heterocycles. The van der Waals surface area contributed by atoms with Gasteiger partial charge in [-0.05, 0) is 26.3 Å². The van der Waals surface area contributed by atoms with E-state index in [-0.39, 0.29) is 35.8 Å². The largest absolute Gasteiger partial charge is 0.480 e. The Balaban J connectivity index is 1.72. The van der Waals surface area contributed by atoms with Crippen LogP contribution in [0.4, 0.5) is 0 Å². The second-order valence-electron chi connectivity index (χ2n) is 5.89. The summed E-state index contributed by atoms with van der Waals surface area (Å²) in [5.41, 5.74) is 0.878. The standard InChI is InChI=1S/C15H23N3O4S/c1-3-17(8-14(20)21)12-6-11(7-12)16-13(19)4-5-18-10(2)9-23-15(18)22/h9,11-12H,3-8H2,1-2H3,(H,16,19)(H,20,21). The number of carboxylic acid groups (broad SMARTS) is 1. The minimum Gasteiger partial charge on any atom is -0.480 e. The first-order valence-corrected chi connectivity index (χ1v) is 8.68. The smallest absolute Gasteiger partial charge is 0.317 e. The zero-order valence-electron chi connectivity index (χ0n) is 13.4. The van der Waals surface area contributed by atoms with Gasteiger partial charge in [0.25, 0.3) is 0 Å². The first-order valence-electron chi connectivity index (χ1n) is 7.80. The molecule has 0 spiro atoms. The molecule has 1 amide bonds. The molecule has 128 valence electrons. The number of hydrogen-bond donors (Lipinski definition) is 2. The van der Waals surface area contributed by atoms with Crippen molar-refractivity contribution in [1.29, 1.82) is 0 Å². The molecule has 1 fully saturated rings. The van der Waals surface area contributed by atoms with E-state index in [9.17, 15) is 14.4 Å². The van der Waals surface area contributed by atoms with Crippen LogP contribution >= 0.6 is 11.3 Å². The van der Waals surface area contributed by atoms with Crippen molar-refractivity contribution in [3.05, 3.63) is 20.7 Å². The third kappa shape index (κ3) is 4.65. The Kier molecular flexibility index (Phi) is 5.95. The highest BCUT2D eigenvalue weighted by molar-refractivity contribution is 7.07. The maximum atomic E-state index is 12.0. The van der Waals surface area contributed by atoms with E-state index in [1.54, 1.807) is 9.95 Å². The molecule has 23 heavy (non-hydrogen) atoms. The Morgan fingerprint density at radius 1 is 1.48 bits per heavy atom. The van der Waals surface area contributed by atoms with Crippen LogP contribution in [0.25, 0.3) is 0 Å². The number of rotatable bonds is 8. The summed E-state index contributed by atoms with van der Waals surface area (Å²) in [6.45, 7) is 4.93. The van der Waals surface area contributed by atoms with E-state index in [0.29, 0.717) is 13.1 Å². The molecule has 0 saturated heterocycles. The van der Waals surface area contributed by atoms with Gasteiger partial charge in [-0.2, -0.15) is 0 Å². The second-order valence-corrected chi connectivity index (χ2v) is 6.71. The summed E-state index contributed by atoms with van der Waals surface area (Å²) in [6.07, 6.45) is 1.85. The quantitative estimate of drug-likeness (QED) is 0.725.